The van der Waals surface area contributed by atoms with Gasteiger partial charge in [-0.1, -0.05) is 12.1 Å². The highest BCUT2D eigenvalue weighted by Crippen LogP contribution is 2.24. The molecule has 0 aliphatic rings. The number of anilines is 2. The van der Waals surface area contributed by atoms with Gasteiger partial charge in [-0.05, 0) is 36.4 Å². The lowest BCUT2D eigenvalue weighted by Gasteiger charge is -2.10. The fourth-order valence-corrected chi connectivity index (χ4v) is 2.25. The van der Waals surface area contributed by atoms with E-state index >= 15 is 0 Å². The Labute approximate surface area is 151 Å². The summed E-state index contributed by atoms with van der Waals surface area (Å²) in [7, 11) is 0. The summed E-state index contributed by atoms with van der Waals surface area (Å²) in [6, 6.07) is 11.5. The minimum absolute atomic E-state index is 0.283. The van der Waals surface area contributed by atoms with Crippen LogP contribution in [0.1, 0.15) is 10.4 Å². The quantitative estimate of drug-likeness (QED) is 0.723. The molecule has 1 aromatic heterocycles. The van der Waals surface area contributed by atoms with E-state index in [1.54, 1.807) is 24.3 Å². The smallest absolute Gasteiger partial charge is 0.406 e. The molecule has 3 N–H and O–H groups in total. The number of hydrogen-bond acceptors (Lipinski definition) is 5. The molecular formula is C18H13F3N4O2. The van der Waals surface area contributed by atoms with Crippen molar-refractivity contribution in [3.05, 3.63) is 66.5 Å². The molecule has 0 spiro atoms. The van der Waals surface area contributed by atoms with Gasteiger partial charge in [0.1, 0.15) is 11.6 Å². The van der Waals surface area contributed by atoms with Crippen LogP contribution in [0.5, 0.6) is 5.75 Å². The van der Waals surface area contributed by atoms with Crippen molar-refractivity contribution in [2.45, 2.75) is 6.36 Å². The number of carbonyl (C=O) groups is 1. The minimum atomic E-state index is -4.77. The van der Waals surface area contributed by atoms with Gasteiger partial charge in [0, 0.05) is 16.8 Å². The van der Waals surface area contributed by atoms with Crippen molar-refractivity contribution < 1.29 is 22.7 Å². The van der Waals surface area contributed by atoms with Crippen LogP contribution < -0.4 is 15.8 Å². The van der Waals surface area contributed by atoms with Crippen molar-refractivity contribution in [2.24, 2.45) is 0 Å². The molecular weight excluding hydrogens is 361 g/mol. The number of aromatic nitrogens is 2. The molecule has 1 amide bonds. The molecule has 0 aliphatic carbocycles. The van der Waals surface area contributed by atoms with Crippen LogP contribution in [0.25, 0.3) is 11.3 Å². The predicted octanol–water partition coefficient (Wildman–Crippen LogP) is 3.88. The third-order valence-electron chi connectivity index (χ3n) is 3.44. The number of benzene rings is 2. The van der Waals surface area contributed by atoms with Crippen molar-refractivity contribution >= 4 is 17.4 Å². The van der Waals surface area contributed by atoms with Gasteiger partial charge < -0.3 is 15.8 Å². The Kier molecular flexibility index (Phi) is 4.93. The maximum Gasteiger partial charge on any atom is 0.573 e. The molecule has 3 aromatic rings. The van der Waals surface area contributed by atoms with E-state index in [4.69, 9.17) is 5.73 Å². The number of amides is 1. The average Bonchev–Trinajstić information content (AvgIpc) is 2.63. The van der Waals surface area contributed by atoms with E-state index in [0.717, 1.165) is 12.1 Å². The number of nitrogen functional groups attached to an aromatic ring is 1. The standard InChI is InChI=1S/C18H13F3N4O2/c19-18(20,21)27-14-6-4-13(5-7-14)25-17(26)12-3-1-2-11(8-12)15-9-24-16(22)10-23-15/h1-10H,(H2,22,24)(H,25,26). The minimum Gasteiger partial charge on any atom is -0.406 e. The SMILES string of the molecule is Nc1cnc(-c2cccc(C(=O)Nc3ccc(OC(F)(F)F)cc3)c2)cn1. The second-order valence-corrected chi connectivity index (χ2v) is 5.43. The summed E-state index contributed by atoms with van der Waals surface area (Å²) in [5.74, 6) is -0.514. The Morgan fingerprint density at radius 1 is 1.04 bits per heavy atom. The maximum atomic E-state index is 12.4. The summed E-state index contributed by atoms with van der Waals surface area (Å²) in [4.78, 5) is 20.5. The fraction of sp³-hybridized carbons (Fsp3) is 0.0556. The van der Waals surface area contributed by atoms with Gasteiger partial charge in [-0.25, -0.2) is 4.98 Å². The van der Waals surface area contributed by atoms with Crippen LogP contribution in [-0.2, 0) is 0 Å². The van der Waals surface area contributed by atoms with Crippen LogP contribution in [-0.4, -0.2) is 22.2 Å². The van der Waals surface area contributed by atoms with Crippen molar-refractivity contribution in [3.63, 3.8) is 0 Å². The molecule has 6 nitrogen and oxygen atoms in total. The van der Waals surface area contributed by atoms with Crippen LogP contribution >= 0.6 is 0 Å². The highest BCUT2D eigenvalue weighted by atomic mass is 19.4. The van der Waals surface area contributed by atoms with E-state index in [9.17, 15) is 18.0 Å². The van der Waals surface area contributed by atoms with Gasteiger partial charge in [0.2, 0.25) is 0 Å². The Morgan fingerprint density at radius 3 is 2.41 bits per heavy atom. The molecule has 2 aromatic carbocycles. The highest BCUT2D eigenvalue weighted by molar-refractivity contribution is 6.04. The zero-order chi connectivity index (χ0) is 19.4. The molecule has 0 atom stereocenters. The summed E-state index contributed by atoms with van der Waals surface area (Å²) in [6.45, 7) is 0. The predicted molar refractivity (Wildman–Crippen MR) is 93.0 cm³/mol. The van der Waals surface area contributed by atoms with E-state index < -0.39 is 12.3 Å². The molecule has 0 unspecified atom stereocenters. The Bertz CT molecular complexity index is 942. The summed E-state index contributed by atoms with van der Waals surface area (Å²) < 4.78 is 40.3. The van der Waals surface area contributed by atoms with Crippen LogP contribution in [0.2, 0.25) is 0 Å². The number of ether oxygens (including phenoxy) is 1. The van der Waals surface area contributed by atoms with Gasteiger partial charge in [0.05, 0.1) is 18.1 Å². The maximum absolute atomic E-state index is 12.4. The molecule has 9 heteroatoms. The molecule has 0 saturated carbocycles. The first-order valence-corrected chi connectivity index (χ1v) is 7.65. The second kappa shape index (κ2) is 7.32. The molecule has 0 bridgehead atoms. The van der Waals surface area contributed by atoms with Crippen molar-refractivity contribution in [1.82, 2.24) is 9.97 Å². The third-order valence-corrected chi connectivity index (χ3v) is 3.44. The Hall–Kier alpha value is -3.62. The third kappa shape index (κ3) is 4.94. The topological polar surface area (TPSA) is 90.1 Å². The fourth-order valence-electron chi connectivity index (χ4n) is 2.25. The number of nitrogens with one attached hydrogen (secondary N) is 1. The zero-order valence-electron chi connectivity index (χ0n) is 13.7. The molecule has 27 heavy (non-hydrogen) atoms. The van der Waals surface area contributed by atoms with Gasteiger partial charge in [0.25, 0.3) is 5.91 Å². The largest absolute Gasteiger partial charge is 0.573 e. The van der Waals surface area contributed by atoms with Crippen LogP contribution in [0, 0.1) is 0 Å². The lowest BCUT2D eigenvalue weighted by atomic mass is 10.1. The van der Waals surface area contributed by atoms with E-state index in [1.165, 1.54) is 24.5 Å². The number of nitrogens with two attached hydrogens (primary N) is 1. The normalized spacial score (nSPS) is 11.1. The van der Waals surface area contributed by atoms with Crippen molar-refractivity contribution in [2.75, 3.05) is 11.1 Å². The lowest BCUT2D eigenvalue weighted by Crippen LogP contribution is -2.17. The Morgan fingerprint density at radius 2 is 1.78 bits per heavy atom. The Balaban J connectivity index is 1.73. The van der Waals surface area contributed by atoms with E-state index in [0.29, 0.717) is 22.5 Å². The van der Waals surface area contributed by atoms with Crippen molar-refractivity contribution in [3.8, 4) is 17.0 Å². The van der Waals surface area contributed by atoms with E-state index in [2.05, 4.69) is 20.0 Å². The molecule has 0 saturated heterocycles. The number of carbonyl (C=O) groups excluding carboxylic acids is 1. The monoisotopic (exact) mass is 374 g/mol. The van der Waals surface area contributed by atoms with Gasteiger partial charge in [-0.2, -0.15) is 0 Å². The molecule has 3 rings (SSSR count). The van der Waals surface area contributed by atoms with Gasteiger partial charge in [-0.3, -0.25) is 9.78 Å². The first-order chi connectivity index (χ1) is 12.8. The summed E-state index contributed by atoms with van der Waals surface area (Å²) >= 11 is 0. The van der Waals surface area contributed by atoms with Gasteiger partial charge in [0.15, 0.2) is 0 Å². The lowest BCUT2D eigenvalue weighted by molar-refractivity contribution is -0.274. The summed E-state index contributed by atoms with van der Waals surface area (Å²) in [6.07, 6.45) is -1.87. The molecule has 0 radical (unpaired) electrons. The molecule has 1 heterocycles. The van der Waals surface area contributed by atoms with Crippen molar-refractivity contribution in [1.29, 1.82) is 0 Å². The average molecular weight is 374 g/mol. The number of hydrogen-bond donors (Lipinski definition) is 2. The molecule has 138 valence electrons. The second-order valence-electron chi connectivity index (χ2n) is 5.43. The van der Waals surface area contributed by atoms with Gasteiger partial charge in [-0.15, -0.1) is 13.2 Å². The van der Waals surface area contributed by atoms with E-state index in [1.807, 2.05) is 0 Å². The van der Waals surface area contributed by atoms with Crippen LogP contribution in [0.3, 0.4) is 0 Å². The summed E-state index contributed by atoms with van der Waals surface area (Å²) in [5, 5.41) is 2.60. The molecule has 0 aliphatic heterocycles. The number of nitrogens with zero attached hydrogens (tertiary/aromatic N) is 2. The number of halogens is 3. The van der Waals surface area contributed by atoms with Gasteiger partial charge >= 0.3 is 6.36 Å². The summed E-state index contributed by atoms with van der Waals surface area (Å²) in [5.41, 5.74) is 7.40. The van der Waals surface area contributed by atoms with E-state index in [-0.39, 0.29) is 11.6 Å². The number of rotatable bonds is 4. The first-order valence-electron chi connectivity index (χ1n) is 7.65. The number of alkyl halides is 3. The zero-order valence-corrected chi connectivity index (χ0v) is 13.7. The van der Waals surface area contributed by atoms with Crippen LogP contribution in [0.4, 0.5) is 24.7 Å². The highest BCUT2D eigenvalue weighted by Gasteiger charge is 2.30. The molecule has 0 fully saturated rings. The first kappa shape index (κ1) is 18.2. The van der Waals surface area contributed by atoms with Crippen LogP contribution in [0.15, 0.2) is 60.9 Å².